The topological polar surface area (TPSA) is 93.1 Å². The van der Waals surface area contributed by atoms with Crippen LogP contribution >= 0.6 is 0 Å². The quantitative estimate of drug-likeness (QED) is 0.653. The largest absolute Gasteiger partial charge is 0.306 e. The second kappa shape index (κ2) is 7.81. The first kappa shape index (κ1) is 19.4. The predicted molar refractivity (Wildman–Crippen MR) is 111 cm³/mol. The summed E-state index contributed by atoms with van der Waals surface area (Å²) in [6, 6.07) is 15.7. The van der Waals surface area contributed by atoms with Crippen LogP contribution in [0.2, 0.25) is 0 Å². The SMILES string of the molecule is CCNS(=O)(=O)c1cccc(C(=O)Nc2c3c(nn2-c2ccccc2)CCC3)c1. The van der Waals surface area contributed by atoms with E-state index in [9.17, 15) is 13.2 Å². The summed E-state index contributed by atoms with van der Waals surface area (Å²) >= 11 is 0. The van der Waals surface area contributed by atoms with Crippen LogP contribution in [-0.4, -0.2) is 30.7 Å². The third-order valence-corrected chi connectivity index (χ3v) is 6.42. The molecule has 0 fully saturated rings. The zero-order chi connectivity index (χ0) is 20.4. The van der Waals surface area contributed by atoms with Crippen LogP contribution < -0.4 is 10.0 Å². The first-order valence-electron chi connectivity index (χ1n) is 9.57. The van der Waals surface area contributed by atoms with Gasteiger partial charge in [0, 0.05) is 17.7 Å². The maximum atomic E-state index is 13.0. The van der Waals surface area contributed by atoms with E-state index < -0.39 is 10.0 Å². The minimum atomic E-state index is -3.64. The smallest absolute Gasteiger partial charge is 0.256 e. The molecule has 0 unspecified atom stereocenters. The van der Waals surface area contributed by atoms with Crippen molar-refractivity contribution in [1.29, 1.82) is 0 Å². The Balaban J connectivity index is 1.68. The number of aromatic nitrogens is 2. The summed E-state index contributed by atoms with van der Waals surface area (Å²) in [6.07, 6.45) is 2.74. The minimum Gasteiger partial charge on any atom is -0.306 e. The van der Waals surface area contributed by atoms with Crippen LogP contribution in [0.25, 0.3) is 5.69 Å². The Bertz CT molecular complexity index is 1150. The van der Waals surface area contributed by atoms with Gasteiger partial charge in [0.05, 0.1) is 16.3 Å². The van der Waals surface area contributed by atoms with E-state index in [1.165, 1.54) is 12.1 Å². The second-order valence-corrected chi connectivity index (χ2v) is 8.62. The molecule has 1 heterocycles. The normalized spacial score (nSPS) is 13.3. The van der Waals surface area contributed by atoms with Crippen molar-refractivity contribution >= 4 is 21.7 Å². The third kappa shape index (κ3) is 3.81. The van der Waals surface area contributed by atoms with Gasteiger partial charge in [0.1, 0.15) is 5.82 Å². The van der Waals surface area contributed by atoms with Gasteiger partial charge in [-0.3, -0.25) is 4.79 Å². The van der Waals surface area contributed by atoms with Gasteiger partial charge < -0.3 is 5.32 Å². The molecule has 0 radical (unpaired) electrons. The molecule has 3 aromatic rings. The molecular weight excluding hydrogens is 388 g/mol. The lowest BCUT2D eigenvalue weighted by molar-refractivity contribution is 0.102. The van der Waals surface area contributed by atoms with Crippen molar-refractivity contribution in [2.24, 2.45) is 0 Å². The van der Waals surface area contributed by atoms with Gasteiger partial charge in [-0.1, -0.05) is 31.2 Å². The Labute approximate surface area is 169 Å². The molecule has 8 heteroatoms. The number of amides is 1. The Morgan fingerprint density at radius 2 is 1.90 bits per heavy atom. The van der Waals surface area contributed by atoms with Crippen molar-refractivity contribution in [2.75, 3.05) is 11.9 Å². The summed E-state index contributed by atoms with van der Waals surface area (Å²) in [6.45, 7) is 1.99. The maximum absolute atomic E-state index is 13.0. The molecule has 0 saturated carbocycles. The van der Waals surface area contributed by atoms with Crippen molar-refractivity contribution in [3.05, 3.63) is 71.4 Å². The van der Waals surface area contributed by atoms with Crippen molar-refractivity contribution < 1.29 is 13.2 Å². The molecule has 1 amide bonds. The molecule has 2 N–H and O–H groups in total. The van der Waals surface area contributed by atoms with E-state index in [0.717, 1.165) is 36.2 Å². The minimum absolute atomic E-state index is 0.0637. The number of benzene rings is 2. The summed E-state index contributed by atoms with van der Waals surface area (Å²) in [5.41, 5.74) is 3.17. The van der Waals surface area contributed by atoms with Crippen LogP contribution in [0.15, 0.2) is 59.5 Å². The molecule has 0 bridgehead atoms. The van der Waals surface area contributed by atoms with Crippen molar-refractivity contribution in [3.63, 3.8) is 0 Å². The molecule has 1 aliphatic carbocycles. The highest BCUT2D eigenvalue weighted by Crippen LogP contribution is 2.31. The van der Waals surface area contributed by atoms with Gasteiger partial charge in [0.25, 0.3) is 5.91 Å². The monoisotopic (exact) mass is 410 g/mol. The number of rotatable bonds is 6. The average Bonchev–Trinajstić information content (AvgIpc) is 3.31. The third-order valence-electron chi connectivity index (χ3n) is 4.88. The van der Waals surface area contributed by atoms with Gasteiger partial charge in [0.15, 0.2) is 0 Å². The lowest BCUT2D eigenvalue weighted by Crippen LogP contribution is -2.23. The molecule has 0 spiro atoms. The number of anilines is 1. The number of carbonyl (C=O) groups excluding carboxylic acids is 1. The maximum Gasteiger partial charge on any atom is 0.256 e. The van der Waals surface area contributed by atoms with Crippen LogP contribution in [-0.2, 0) is 22.9 Å². The fourth-order valence-electron chi connectivity index (χ4n) is 3.53. The first-order valence-corrected chi connectivity index (χ1v) is 11.0. The molecule has 0 atom stereocenters. The van der Waals surface area contributed by atoms with Gasteiger partial charge in [0.2, 0.25) is 10.0 Å². The number of aryl methyl sites for hydroxylation is 1. The van der Waals surface area contributed by atoms with Crippen molar-refractivity contribution in [1.82, 2.24) is 14.5 Å². The number of nitrogens with one attached hydrogen (secondary N) is 2. The molecule has 29 heavy (non-hydrogen) atoms. The number of carbonyl (C=O) groups is 1. The van der Waals surface area contributed by atoms with Crippen molar-refractivity contribution in [2.45, 2.75) is 31.1 Å². The predicted octanol–water partition coefficient (Wildman–Crippen LogP) is 2.91. The summed E-state index contributed by atoms with van der Waals surface area (Å²) in [7, 11) is -3.64. The van der Waals surface area contributed by atoms with Gasteiger partial charge in [-0.2, -0.15) is 5.10 Å². The van der Waals surface area contributed by atoms with Crippen LogP contribution in [0, 0.1) is 0 Å². The van der Waals surface area contributed by atoms with Gasteiger partial charge in [-0.15, -0.1) is 0 Å². The lowest BCUT2D eigenvalue weighted by Gasteiger charge is -2.12. The number of hydrogen-bond acceptors (Lipinski definition) is 4. The van der Waals surface area contributed by atoms with Crippen LogP contribution in [0.4, 0.5) is 5.82 Å². The van der Waals surface area contributed by atoms with Gasteiger partial charge in [-0.05, 0) is 49.6 Å². The summed E-state index contributed by atoms with van der Waals surface area (Å²) in [5.74, 6) is 0.277. The Morgan fingerprint density at radius 1 is 1.10 bits per heavy atom. The molecule has 1 aromatic heterocycles. The molecule has 0 aliphatic heterocycles. The number of sulfonamides is 1. The van der Waals surface area contributed by atoms with Gasteiger partial charge in [-0.25, -0.2) is 17.8 Å². The molecule has 1 aliphatic rings. The molecule has 150 valence electrons. The molecule has 4 rings (SSSR count). The molecule has 7 nitrogen and oxygen atoms in total. The second-order valence-electron chi connectivity index (χ2n) is 6.86. The van der Waals surface area contributed by atoms with E-state index in [4.69, 9.17) is 0 Å². The number of nitrogens with zero attached hydrogens (tertiary/aromatic N) is 2. The fraction of sp³-hybridized carbons (Fsp3) is 0.238. The zero-order valence-corrected chi connectivity index (χ0v) is 16.9. The Morgan fingerprint density at radius 3 is 2.66 bits per heavy atom. The highest BCUT2D eigenvalue weighted by Gasteiger charge is 2.25. The molecule has 2 aromatic carbocycles. The van der Waals surface area contributed by atoms with E-state index in [1.54, 1.807) is 23.7 Å². The zero-order valence-electron chi connectivity index (χ0n) is 16.1. The van der Waals surface area contributed by atoms with Crippen LogP contribution in [0.1, 0.15) is 35.0 Å². The van der Waals surface area contributed by atoms with E-state index in [1.807, 2.05) is 30.3 Å². The summed E-state index contributed by atoms with van der Waals surface area (Å²) in [4.78, 5) is 13.0. The van der Waals surface area contributed by atoms with E-state index in [0.29, 0.717) is 5.82 Å². The van der Waals surface area contributed by atoms with Gasteiger partial charge >= 0.3 is 0 Å². The number of fused-ring (bicyclic) bond motifs is 1. The molecular formula is C21H22N4O3S. The average molecular weight is 410 g/mol. The first-order chi connectivity index (χ1) is 14.0. The van der Waals surface area contributed by atoms with Crippen LogP contribution in [0.3, 0.4) is 0 Å². The van der Waals surface area contributed by atoms with Crippen LogP contribution in [0.5, 0.6) is 0 Å². The highest BCUT2D eigenvalue weighted by molar-refractivity contribution is 7.89. The number of para-hydroxylation sites is 1. The summed E-state index contributed by atoms with van der Waals surface area (Å²) in [5, 5.41) is 7.65. The highest BCUT2D eigenvalue weighted by atomic mass is 32.2. The van der Waals surface area contributed by atoms with E-state index in [2.05, 4.69) is 15.1 Å². The molecule has 0 saturated heterocycles. The number of hydrogen-bond donors (Lipinski definition) is 2. The Hall–Kier alpha value is -2.97. The lowest BCUT2D eigenvalue weighted by atomic mass is 10.2. The summed E-state index contributed by atoms with van der Waals surface area (Å²) < 4.78 is 28.7. The fourth-order valence-corrected chi connectivity index (χ4v) is 4.62. The van der Waals surface area contributed by atoms with Crippen molar-refractivity contribution in [3.8, 4) is 5.69 Å². The Kier molecular flexibility index (Phi) is 5.21. The standard InChI is InChI=1S/C21H22N4O3S/c1-2-22-29(27,28)17-11-6-8-15(14-17)21(26)23-20-18-12-7-13-19(18)24-25(20)16-9-4-3-5-10-16/h3-6,8-11,14,22H,2,7,12-13H2,1H3,(H,23,26). The van der Waals surface area contributed by atoms with E-state index in [-0.39, 0.29) is 22.9 Å². The van der Waals surface area contributed by atoms with E-state index >= 15 is 0 Å².